The topological polar surface area (TPSA) is 77.1 Å². The van der Waals surface area contributed by atoms with Crippen molar-refractivity contribution in [3.63, 3.8) is 0 Å². The molecule has 1 aliphatic heterocycles. The van der Waals surface area contributed by atoms with Crippen molar-refractivity contribution in [2.45, 2.75) is 20.0 Å². The van der Waals surface area contributed by atoms with Gasteiger partial charge in [0.1, 0.15) is 5.75 Å². The highest BCUT2D eigenvalue weighted by atomic mass is 35.5. The van der Waals surface area contributed by atoms with Crippen LogP contribution in [-0.4, -0.2) is 61.6 Å². The van der Waals surface area contributed by atoms with E-state index < -0.39 is 0 Å². The molecule has 0 aliphatic carbocycles. The van der Waals surface area contributed by atoms with Crippen molar-refractivity contribution in [3.8, 4) is 11.5 Å². The molecule has 0 saturated heterocycles. The van der Waals surface area contributed by atoms with Crippen LogP contribution in [0, 0.1) is 0 Å². The summed E-state index contributed by atoms with van der Waals surface area (Å²) >= 11 is 12.4. The molecule has 8 nitrogen and oxygen atoms in total. The zero-order chi connectivity index (χ0) is 27.8. The van der Waals surface area contributed by atoms with Gasteiger partial charge in [0.05, 0.1) is 18.8 Å². The minimum atomic E-state index is -0.214. The van der Waals surface area contributed by atoms with Gasteiger partial charge in [0, 0.05) is 43.3 Å². The van der Waals surface area contributed by atoms with Crippen molar-refractivity contribution in [1.82, 2.24) is 20.7 Å². The van der Waals surface area contributed by atoms with Crippen LogP contribution in [0.2, 0.25) is 10.0 Å². The third-order valence-corrected chi connectivity index (χ3v) is 6.93. The van der Waals surface area contributed by atoms with Gasteiger partial charge in [-0.2, -0.15) is 0 Å². The Kier molecular flexibility index (Phi) is 11.9. The second kappa shape index (κ2) is 15.1. The van der Waals surface area contributed by atoms with Gasteiger partial charge in [-0.25, -0.2) is 5.01 Å². The number of hydrogen-bond donors (Lipinski definition) is 2. The number of carbonyl (C=O) groups excluding carboxylic acids is 2. The molecule has 0 saturated carbocycles. The Morgan fingerprint density at radius 1 is 0.925 bits per heavy atom. The van der Waals surface area contributed by atoms with E-state index in [1.807, 2.05) is 24.1 Å². The first-order valence-electron chi connectivity index (χ1n) is 12.9. The first-order chi connectivity index (χ1) is 18.8. The lowest BCUT2D eigenvalue weighted by Crippen LogP contribution is -2.48. The molecule has 0 unspecified atom stereocenters. The average Bonchev–Trinajstić information content (AvgIpc) is 3.37. The van der Waals surface area contributed by atoms with Gasteiger partial charge >= 0.3 is 0 Å². The van der Waals surface area contributed by atoms with Gasteiger partial charge in [0.2, 0.25) is 5.91 Å². The molecule has 0 fully saturated rings. The fraction of sp³-hybridized carbons (Fsp3) is 0.310. The number of carbonyl (C=O) groups is 2. The van der Waals surface area contributed by atoms with Crippen LogP contribution in [0.3, 0.4) is 0 Å². The van der Waals surface area contributed by atoms with Crippen LogP contribution in [0.5, 0.6) is 11.5 Å². The lowest BCUT2D eigenvalue weighted by Gasteiger charge is -2.32. The molecule has 1 aliphatic rings. The first-order valence-corrected chi connectivity index (χ1v) is 13.6. The number of anilines is 1. The Labute approximate surface area is 251 Å². The second-order valence-corrected chi connectivity index (χ2v) is 10.1. The van der Waals surface area contributed by atoms with E-state index >= 15 is 0 Å². The van der Waals surface area contributed by atoms with E-state index in [0.29, 0.717) is 53.4 Å². The number of nitrogens with zero attached hydrogens (tertiary/aromatic N) is 3. The van der Waals surface area contributed by atoms with E-state index in [0.717, 1.165) is 6.54 Å². The van der Waals surface area contributed by atoms with Crippen LogP contribution in [0.25, 0.3) is 0 Å². The molecule has 40 heavy (non-hydrogen) atoms. The summed E-state index contributed by atoms with van der Waals surface area (Å²) in [6.45, 7) is 5.13. The number of halogens is 3. The van der Waals surface area contributed by atoms with Gasteiger partial charge in [-0.1, -0.05) is 54.4 Å². The molecule has 3 aromatic carbocycles. The predicted molar refractivity (Wildman–Crippen MR) is 162 cm³/mol. The van der Waals surface area contributed by atoms with E-state index in [1.165, 1.54) is 11.1 Å². The maximum absolute atomic E-state index is 13.6. The van der Waals surface area contributed by atoms with Gasteiger partial charge in [0.25, 0.3) is 5.91 Å². The van der Waals surface area contributed by atoms with Crippen LogP contribution in [0.15, 0.2) is 66.7 Å². The van der Waals surface area contributed by atoms with E-state index in [-0.39, 0.29) is 37.3 Å². The van der Waals surface area contributed by atoms with E-state index in [1.54, 1.807) is 59.4 Å². The molecule has 4 rings (SSSR count). The van der Waals surface area contributed by atoms with Crippen molar-refractivity contribution in [3.05, 3.63) is 87.9 Å². The zero-order valence-corrected chi connectivity index (χ0v) is 24.9. The number of nitrogens with one attached hydrogen (secondary N) is 2. The molecule has 2 amide bonds. The molecule has 3 aromatic rings. The molecule has 1 heterocycles. The van der Waals surface area contributed by atoms with E-state index in [2.05, 4.69) is 22.8 Å². The Bertz CT molecular complexity index is 1270. The average molecular weight is 607 g/mol. The number of benzene rings is 3. The highest BCUT2D eigenvalue weighted by Crippen LogP contribution is 2.35. The van der Waals surface area contributed by atoms with Crippen molar-refractivity contribution in [2.24, 2.45) is 0 Å². The standard InChI is InChI=1S/C29H33Cl2N5O3.ClH/c1-3-32-14-15-33-28(37)19-35(20-29(38)34(2)36-17-21-6-4-5-7-22(21)18-36)26-16-24(31)10-13-27(26)39-25-11-8-23(30)9-12-25;/h4-13,16,32H,3,14-15,17-20H2,1-2H3,(H,33,37);1H. The summed E-state index contributed by atoms with van der Waals surface area (Å²) in [6.07, 6.45) is 0. The van der Waals surface area contributed by atoms with Crippen LogP contribution in [-0.2, 0) is 22.7 Å². The summed E-state index contributed by atoms with van der Waals surface area (Å²) in [5.74, 6) is 0.650. The summed E-state index contributed by atoms with van der Waals surface area (Å²) < 4.78 is 6.14. The number of hydrogen-bond acceptors (Lipinski definition) is 6. The summed E-state index contributed by atoms with van der Waals surface area (Å²) in [6, 6.07) is 20.3. The number of likely N-dealkylation sites (N-methyl/N-ethyl adjacent to an activating group) is 2. The molecule has 11 heteroatoms. The number of hydrazine groups is 1. The Morgan fingerprint density at radius 3 is 2.23 bits per heavy atom. The molecule has 0 radical (unpaired) electrons. The van der Waals surface area contributed by atoms with Gasteiger partial charge in [-0.15, -0.1) is 12.4 Å². The quantitative estimate of drug-likeness (QED) is 0.279. The van der Waals surface area contributed by atoms with Gasteiger partial charge in [-0.05, 0) is 60.1 Å². The van der Waals surface area contributed by atoms with Crippen LogP contribution >= 0.6 is 35.6 Å². The van der Waals surface area contributed by atoms with Crippen LogP contribution in [0.1, 0.15) is 18.1 Å². The Balaban J connectivity index is 0.00000441. The fourth-order valence-electron chi connectivity index (χ4n) is 4.33. The largest absolute Gasteiger partial charge is 0.455 e. The van der Waals surface area contributed by atoms with E-state index in [4.69, 9.17) is 27.9 Å². The third kappa shape index (κ3) is 8.49. The molecular formula is C29H34Cl3N5O3. The Hall–Kier alpha value is -3.01. The van der Waals surface area contributed by atoms with Crippen molar-refractivity contribution >= 4 is 53.1 Å². The molecule has 0 spiro atoms. The third-order valence-electron chi connectivity index (χ3n) is 6.45. The first kappa shape index (κ1) is 31.5. The Morgan fingerprint density at radius 2 is 1.57 bits per heavy atom. The number of fused-ring (bicyclic) bond motifs is 1. The van der Waals surface area contributed by atoms with Gasteiger partial charge in [0.15, 0.2) is 5.75 Å². The highest BCUT2D eigenvalue weighted by Gasteiger charge is 2.27. The fourth-order valence-corrected chi connectivity index (χ4v) is 4.62. The van der Waals surface area contributed by atoms with Gasteiger partial charge < -0.3 is 20.3 Å². The maximum Gasteiger partial charge on any atom is 0.256 e. The lowest BCUT2D eigenvalue weighted by molar-refractivity contribution is -0.145. The smallest absolute Gasteiger partial charge is 0.256 e. The number of amides is 2. The summed E-state index contributed by atoms with van der Waals surface area (Å²) in [5, 5.41) is 10.8. The van der Waals surface area contributed by atoms with E-state index in [9.17, 15) is 9.59 Å². The minimum absolute atomic E-state index is 0. The molecule has 2 N–H and O–H groups in total. The second-order valence-electron chi connectivity index (χ2n) is 9.24. The molecule has 0 atom stereocenters. The summed E-state index contributed by atoms with van der Waals surface area (Å²) in [5.41, 5.74) is 2.93. The molecular weight excluding hydrogens is 573 g/mol. The lowest BCUT2D eigenvalue weighted by atomic mass is 10.1. The summed E-state index contributed by atoms with van der Waals surface area (Å²) in [7, 11) is 1.76. The number of ether oxygens (including phenoxy) is 1. The van der Waals surface area contributed by atoms with Crippen molar-refractivity contribution in [2.75, 3.05) is 44.7 Å². The van der Waals surface area contributed by atoms with Crippen molar-refractivity contribution in [1.29, 1.82) is 0 Å². The monoisotopic (exact) mass is 605 g/mol. The van der Waals surface area contributed by atoms with Crippen LogP contribution in [0.4, 0.5) is 5.69 Å². The summed E-state index contributed by atoms with van der Waals surface area (Å²) in [4.78, 5) is 28.2. The highest BCUT2D eigenvalue weighted by molar-refractivity contribution is 6.31. The molecule has 0 bridgehead atoms. The molecule has 0 aromatic heterocycles. The normalized spacial score (nSPS) is 12.3. The van der Waals surface area contributed by atoms with Gasteiger partial charge in [-0.3, -0.25) is 14.6 Å². The van der Waals surface area contributed by atoms with Crippen LogP contribution < -0.4 is 20.3 Å². The number of rotatable bonds is 12. The van der Waals surface area contributed by atoms with Crippen molar-refractivity contribution < 1.29 is 14.3 Å². The SMILES string of the molecule is CCNCCNC(=O)CN(CC(=O)N(C)N1Cc2ccccc2C1)c1cc(Cl)ccc1Oc1ccc(Cl)cc1.Cl. The molecule has 214 valence electrons. The zero-order valence-electron chi connectivity index (χ0n) is 22.5. The minimum Gasteiger partial charge on any atom is -0.455 e. The maximum atomic E-state index is 13.6. The predicted octanol–water partition coefficient (Wildman–Crippen LogP) is 5.13.